The fourth-order valence-corrected chi connectivity index (χ4v) is 3.99. The van der Waals surface area contributed by atoms with E-state index in [9.17, 15) is 4.79 Å². The predicted molar refractivity (Wildman–Crippen MR) is 109 cm³/mol. The third-order valence-corrected chi connectivity index (χ3v) is 5.44. The quantitative estimate of drug-likeness (QED) is 0.766. The second-order valence-electron chi connectivity index (χ2n) is 7.27. The average molecular weight is 360 g/mol. The zero-order chi connectivity index (χ0) is 19.0. The summed E-state index contributed by atoms with van der Waals surface area (Å²) in [6.07, 6.45) is 5.57. The molecule has 27 heavy (non-hydrogen) atoms. The minimum atomic E-state index is -0.401. The molecule has 4 rings (SSSR count). The molecule has 0 saturated carbocycles. The Hall–Kier alpha value is -2.95. The molecule has 2 heterocycles. The van der Waals surface area contributed by atoms with Gasteiger partial charge in [0.25, 0.3) is 0 Å². The second kappa shape index (κ2) is 6.99. The summed E-state index contributed by atoms with van der Waals surface area (Å²) in [5.74, 6) is 0.542. The summed E-state index contributed by atoms with van der Waals surface area (Å²) in [5, 5.41) is 0. The summed E-state index contributed by atoms with van der Waals surface area (Å²) >= 11 is 0. The number of rotatable bonds is 3. The van der Waals surface area contributed by atoms with Crippen molar-refractivity contribution in [1.29, 1.82) is 0 Å². The van der Waals surface area contributed by atoms with Gasteiger partial charge in [0.15, 0.2) is 0 Å². The predicted octanol–water partition coefficient (Wildman–Crippen LogP) is 4.00. The molecule has 0 radical (unpaired) electrons. The number of fused-ring (bicyclic) bond motifs is 1. The number of amides is 1. The van der Waals surface area contributed by atoms with E-state index in [1.54, 1.807) is 6.07 Å². The van der Waals surface area contributed by atoms with Crippen molar-refractivity contribution in [2.75, 3.05) is 18.0 Å². The van der Waals surface area contributed by atoms with Crippen LogP contribution in [0.2, 0.25) is 0 Å². The van der Waals surface area contributed by atoms with E-state index in [1.165, 1.54) is 19.3 Å². The van der Waals surface area contributed by atoms with Crippen molar-refractivity contribution in [3.8, 4) is 11.1 Å². The van der Waals surface area contributed by atoms with Crippen molar-refractivity contribution in [2.45, 2.75) is 33.1 Å². The number of primary amides is 1. The Kier molecular flexibility index (Phi) is 4.52. The largest absolute Gasteiger partial charge is 0.366 e. The molecular formula is C22H24N4O. The zero-order valence-electron chi connectivity index (χ0n) is 15.8. The monoisotopic (exact) mass is 360 g/mol. The minimum Gasteiger partial charge on any atom is -0.366 e. The number of aryl methyl sites for hydroxylation is 1. The number of piperidine rings is 1. The van der Waals surface area contributed by atoms with Crippen molar-refractivity contribution in [3.63, 3.8) is 0 Å². The third kappa shape index (κ3) is 3.25. The summed E-state index contributed by atoms with van der Waals surface area (Å²) in [4.78, 5) is 23.5. The van der Waals surface area contributed by atoms with E-state index >= 15 is 0 Å². The Labute approximate surface area is 159 Å². The highest BCUT2D eigenvalue weighted by Gasteiger charge is 2.15. The number of aromatic nitrogens is 2. The fraction of sp³-hybridized carbons (Fsp3) is 0.318. The molecule has 0 bridgehead atoms. The lowest BCUT2D eigenvalue weighted by Gasteiger charge is -2.27. The summed E-state index contributed by atoms with van der Waals surface area (Å²) in [5.41, 5.74) is 11.9. The molecule has 2 aromatic carbocycles. The van der Waals surface area contributed by atoms with Crippen LogP contribution in [0.3, 0.4) is 0 Å². The van der Waals surface area contributed by atoms with Crippen LogP contribution in [0.25, 0.3) is 22.2 Å². The van der Waals surface area contributed by atoms with Crippen molar-refractivity contribution >= 4 is 22.8 Å². The lowest BCUT2D eigenvalue weighted by molar-refractivity contribution is 0.1000. The average Bonchev–Trinajstić information content (AvgIpc) is 2.68. The van der Waals surface area contributed by atoms with Crippen LogP contribution in [0.4, 0.5) is 5.82 Å². The first kappa shape index (κ1) is 17.5. The van der Waals surface area contributed by atoms with Gasteiger partial charge in [-0.15, -0.1) is 0 Å². The second-order valence-corrected chi connectivity index (χ2v) is 7.27. The van der Waals surface area contributed by atoms with Crippen LogP contribution in [-0.2, 0) is 0 Å². The fourth-order valence-electron chi connectivity index (χ4n) is 3.99. The molecule has 138 valence electrons. The molecule has 1 aromatic heterocycles. The van der Waals surface area contributed by atoms with Crippen LogP contribution < -0.4 is 10.6 Å². The molecule has 2 N–H and O–H groups in total. The zero-order valence-corrected chi connectivity index (χ0v) is 15.8. The van der Waals surface area contributed by atoms with E-state index in [0.717, 1.165) is 52.2 Å². The van der Waals surface area contributed by atoms with Crippen molar-refractivity contribution in [1.82, 2.24) is 9.97 Å². The molecule has 0 spiro atoms. The number of anilines is 1. The van der Waals surface area contributed by atoms with Crippen LogP contribution >= 0.6 is 0 Å². The standard InChI is InChI=1S/C22H24N4O/c1-14-6-8-17(22(23)27)15(2)21(14)16-7-9-18-19(12-16)25-20(13-24-18)26-10-4-3-5-11-26/h6-9,12-13H,3-5,10-11H2,1-2H3,(H2,23,27). The number of carbonyl (C=O) groups is 1. The lowest BCUT2D eigenvalue weighted by atomic mass is 9.92. The molecule has 5 nitrogen and oxygen atoms in total. The van der Waals surface area contributed by atoms with Crippen molar-refractivity contribution in [3.05, 3.63) is 53.2 Å². The number of hydrogen-bond acceptors (Lipinski definition) is 4. The number of benzene rings is 2. The Bertz CT molecular complexity index is 1020. The summed E-state index contributed by atoms with van der Waals surface area (Å²) in [7, 11) is 0. The van der Waals surface area contributed by atoms with E-state index in [2.05, 4.69) is 16.0 Å². The Morgan fingerprint density at radius 2 is 1.81 bits per heavy atom. The molecule has 0 aliphatic carbocycles. The SMILES string of the molecule is Cc1ccc(C(N)=O)c(C)c1-c1ccc2ncc(N3CCCCC3)nc2c1. The Balaban J connectivity index is 1.81. The van der Waals surface area contributed by atoms with E-state index in [1.807, 2.05) is 38.2 Å². The van der Waals surface area contributed by atoms with Gasteiger partial charge in [0.1, 0.15) is 5.82 Å². The van der Waals surface area contributed by atoms with Crippen LogP contribution in [0, 0.1) is 13.8 Å². The topological polar surface area (TPSA) is 72.1 Å². The lowest BCUT2D eigenvalue weighted by Crippen LogP contribution is -2.30. The van der Waals surface area contributed by atoms with Gasteiger partial charge in [0.05, 0.1) is 17.2 Å². The number of nitrogens with zero attached hydrogens (tertiary/aromatic N) is 3. The minimum absolute atomic E-state index is 0.401. The van der Waals surface area contributed by atoms with Gasteiger partial charge < -0.3 is 10.6 Å². The number of carbonyl (C=O) groups excluding carboxylic acids is 1. The highest BCUT2D eigenvalue weighted by Crippen LogP contribution is 2.31. The highest BCUT2D eigenvalue weighted by atomic mass is 16.1. The molecule has 1 aliphatic rings. The van der Waals surface area contributed by atoms with E-state index in [4.69, 9.17) is 10.7 Å². The molecule has 3 aromatic rings. The van der Waals surface area contributed by atoms with Crippen LogP contribution in [0.15, 0.2) is 36.5 Å². The Morgan fingerprint density at radius 1 is 1.04 bits per heavy atom. The maximum Gasteiger partial charge on any atom is 0.248 e. The summed E-state index contributed by atoms with van der Waals surface area (Å²) < 4.78 is 0. The maximum absolute atomic E-state index is 11.7. The molecule has 1 saturated heterocycles. The van der Waals surface area contributed by atoms with Gasteiger partial charge in [-0.1, -0.05) is 12.1 Å². The first-order valence-electron chi connectivity index (χ1n) is 9.47. The smallest absolute Gasteiger partial charge is 0.248 e. The normalized spacial score (nSPS) is 14.5. The van der Waals surface area contributed by atoms with Crippen LogP contribution in [-0.4, -0.2) is 29.0 Å². The van der Waals surface area contributed by atoms with Gasteiger partial charge in [0, 0.05) is 18.7 Å². The summed E-state index contributed by atoms with van der Waals surface area (Å²) in [6.45, 7) is 6.08. The first-order chi connectivity index (χ1) is 13.0. The maximum atomic E-state index is 11.7. The molecule has 1 aliphatic heterocycles. The van der Waals surface area contributed by atoms with Gasteiger partial charge in [-0.25, -0.2) is 4.98 Å². The van der Waals surface area contributed by atoms with Gasteiger partial charge in [-0.3, -0.25) is 9.78 Å². The van der Waals surface area contributed by atoms with Crippen LogP contribution in [0.1, 0.15) is 40.7 Å². The van der Waals surface area contributed by atoms with Gasteiger partial charge in [0.2, 0.25) is 5.91 Å². The molecule has 0 unspecified atom stereocenters. The van der Waals surface area contributed by atoms with Crippen molar-refractivity contribution < 1.29 is 4.79 Å². The van der Waals surface area contributed by atoms with Gasteiger partial charge in [-0.2, -0.15) is 0 Å². The third-order valence-electron chi connectivity index (χ3n) is 5.44. The summed E-state index contributed by atoms with van der Waals surface area (Å²) in [6, 6.07) is 9.84. The van der Waals surface area contributed by atoms with Gasteiger partial charge >= 0.3 is 0 Å². The van der Waals surface area contributed by atoms with E-state index in [0.29, 0.717) is 5.56 Å². The van der Waals surface area contributed by atoms with E-state index in [-0.39, 0.29) is 0 Å². The van der Waals surface area contributed by atoms with E-state index < -0.39 is 5.91 Å². The number of hydrogen-bond donors (Lipinski definition) is 1. The van der Waals surface area contributed by atoms with Crippen molar-refractivity contribution in [2.24, 2.45) is 5.73 Å². The molecule has 1 fully saturated rings. The number of nitrogens with two attached hydrogens (primary N) is 1. The molecular weight excluding hydrogens is 336 g/mol. The molecule has 5 heteroatoms. The first-order valence-corrected chi connectivity index (χ1v) is 9.47. The van der Waals surface area contributed by atoms with Crippen LogP contribution in [0.5, 0.6) is 0 Å². The molecule has 1 amide bonds. The highest BCUT2D eigenvalue weighted by molar-refractivity contribution is 5.97. The molecule has 0 atom stereocenters. The van der Waals surface area contributed by atoms with Gasteiger partial charge in [-0.05, 0) is 73.6 Å². The Morgan fingerprint density at radius 3 is 2.56 bits per heavy atom.